The monoisotopic (exact) mass is 528 g/mol. The third-order valence-electron chi connectivity index (χ3n) is 5.18. The van der Waals surface area contributed by atoms with Crippen LogP contribution in [0.25, 0.3) is 0 Å². The second-order valence-electron chi connectivity index (χ2n) is 8.33. The van der Waals surface area contributed by atoms with E-state index >= 15 is 0 Å². The van der Waals surface area contributed by atoms with Crippen molar-refractivity contribution in [3.05, 3.63) is 45.1 Å². The topological polar surface area (TPSA) is 99.8 Å². The Hall–Kier alpha value is -2.60. The lowest BCUT2D eigenvalue weighted by Gasteiger charge is -2.28. The average molecular weight is 529 g/mol. The molecule has 1 saturated heterocycles. The van der Waals surface area contributed by atoms with Gasteiger partial charge in [-0.2, -0.15) is 0 Å². The minimum Gasteiger partial charge on any atom is -0.370 e. The minimum absolute atomic E-state index is 0.0583. The summed E-state index contributed by atoms with van der Waals surface area (Å²) in [5.41, 5.74) is -0.167. The molecular weight excluding hydrogens is 502 g/mol. The molecule has 1 atom stereocenters. The van der Waals surface area contributed by atoms with Crippen molar-refractivity contribution in [2.75, 3.05) is 43.1 Å². The molecule has 35 heavy (non-hydrogen) atoms. The van der Waals surface area contributed by atoms with Crippen LogP contribution in [0.15, 0.2) is 30.3 Å². The van der Waals surface area contributed by atoms with Gasteiger partial charge in [-0.3, -0.25) is 14.4 Å². The molecule has 1 aromatic heterocycles. The normalized spacial score (nSPS) is 14.9. The van der Waals surface area contributed by atoms with E-state index in [1.54, 1.807) is 12.1 Å². The van der Waals surface area contributed by atoms with Gasteiger partial charge < -0.3 is 25.6 Å². The second-order valence-corrected chi connectivity index (χ2v) is 10.0. The van der Waals surface area contributed by atoms with E-state index in [-0.39, 0.29) is 43.1 Å². The van der Waals surface area contributed by atoms with Gasteiger partial charge in [-0.25, -0.2) is 8.78 Å². The number of amides is 3. The zero-order chi connectivity index (χ0) is 25.5. The highest BCUT2D eigenvalue weighted by Crippen LogP contribution is 2.32. The summed E-state index contributed by atoms with van der Waals surface area (Å²) in [5, 5.41) is 8.29. The number of rotatable bonds is 10. The molecular formula is C23H27ClF2N4O4S. The van der Waals surface area contributed by atoms with Crippen LogP contribution in [-0.2, 0) is 14.3 Å². The van der Waals surface area contributed by atoms with E-state index in [1.807, 2.05) is 13.8 Å². The van der Waals surface area contributed by atoms with Gasteiger partial charge in [-0.05, 0) is 42.8 Å². The third kappa shape index (κ3) is 7.44. The van der Waals surface area contributed by atoms with E-state index in [2.05, 4.69) is 16.0 Å². The molecule has 1 aliphatic rings. The first-order valence-electron chi connectivity index (χ1n) is 11.0. The maximum Gasteiger partial charge on any atom is 0.265 e. The van der Waals surface area contributed by atoms with E-state index in [9.17, 15) is 23.2 Å². The maximum atomic E-state index is 13.9. The van der Waals surface area contributed by atoms with E-state index in [4.69, 9.17) is 16.3 Å². The van der Waals surface area contributed by atoms with E-state index in [0.29, 0.717) is 28.1 Å². The van der Waals surface area contributed by atoms with Gasteiger partial charge in [0.15, 0.2) is 0 Å². The molecule has 1 fully saturated rings. The predicted octanol–water partition coefficient (Wildman–Crippen LogP) is 3.69. The summed E-state index contributed by atoms with van der Waals surface area (Å²) in [5.74, 6) is -1.08. The summed E-state index contributed by atoms with van der Waals surface area (Å²) in [4.78, 5) is 39.3. The summed E-state index contributed by atoms with van der Waals surface area (Å²) in [6.45, 7) is 4.76. The number of nitrogens with zero attached hydrogens (tertiary/aromatic N) is 1. The Kier molecular flexibility index (Phi) is 9.55. The molecule has 3 N–H and O–H groups in total. The van der Waals surface area contributed by atoms with Gasteiger partial charge in [0, 0.05) is 30.0 Å². The smallest absolute Gasteiger partial charge is 0.265 e. The standard InChI is InChI=1S/C23H27ClF2N4O4S/c1-13(2)10-27-17(11-28-23(33)18-5-6-19(24)35-18)22(32)29-16-4-3-14(9-15(16)21(25)26)30-7-8-34-12-20(30)31/h3-6,9,13,17,21,27H,7-8,10-12H2,1-2H3,(H,28,33)(H,29,32)/t17-/m1/s1. The van der Waals surface area contributed by atoms with Crippen molar-refractivity contribution in [3.8, 4) is 0 Å². The summed E-state index contributed by atoms with van der Waals surface area (Å²) in [6, 6.07) is 6.36. The first-order chi connectivity index (χ1) is 16.7. The number of carbonyl (C=O) groups is 3. The molecule has 0 bridgehead atoms. The zero-order valence-electron chi connectivity index (χ0n) is 19.3. The fourth-order valence-electron chi connectivity index (χ4n) is 3.38. The van der Waals surface area contributed by atoms with Crippen LogP contribution in [0, 0.1) is 5.92 Å². The lowest BCUT2D eigenvalue weighted by Crippen LogP contribution is -2.49. The van der Waals surface area contributed by atoms with Gasteiger partial charge in [-0.1, -0.05) is 25.4 Å². The number of alkyl halides is 2. The molecule has 0 radical (unpaired) electrons. The molecule has 8 nitrogen and oxygen atoms in total. The number of hydrogen-bond donors (Lipinski definition) is 3. The molecule has 3 amide bonds. The quantitative estimate of drug-likeness (QED) is 0.437. The first kappa shape index (κ1) is 27.0. The van der Waals surface area contributed by atoms with Crippen molar-refractivity contribution < 1.29 is 27.9 Å². The molecule has 1 aromatic carbocycles. The molecule has 2 aromatic rings. The molecule has 0 spiro atoms. The largest absolute Gasteiger partial charge is 0.370 e. The van der Waals surface area contributed by atoms with Crippen LogP contribution in [0.5, 0.6) is 0 Å². The molecule has 1 aliphatic heterocycles. The van der Waals surface area contributed by atoms with Crippen molar-refractivity contribution in [1.82, 2.24) is 10.6 Å². The van der Waals surface area contributed by atoms with Crippen molar-refractivity contribution in [2.24, 2.45) is 5.92 Å². The fraction of sp³-hybridized carbons (Fsp3) is 0.435. The van der Waals surface area contributed by atoms with Gasteiger partial charge in [-0.15, -0.1) is 11.3 Å². The Bertz CT molecular complexity index is 1070. The van der Waals surface area contributed by atoms with Crippen LogP contribution in [0.2, 0.25) is 4.34 Å². The van der Waals surface area contributed by atoms with Crippen LogP contribution in [0.3, 0.4) is 0 Å². The van der Waals surface area contributed by atoms with Crippen molar-refractivity contribution in [1.29, 1.82) is 0 Å². The predicted molar refractivity (Wildman–Crippen MR) is 131 cm³/mol. The Morgan fingerprint density at radius 3 is 2.60 bits per heavy atom. The van der Waals surface area contributed by atoms with Gasteiger partial charge >= 0.3 is 0 Å². The van der Waals surface area contributed by atoms with Gasteiger partial charge in [0.1, 0.15) is 12.6 Å². The highest BCUT2D eigenvalue weighted by Gasteiger charge is 2.25. The van der Waals surface area contributed by atoms with E-state index in [0.717, 1.165) is 11.3 Å². The highest BCUT2D eigenvalue weighted by atomic mass is 35.5. The fourth-order valence-corrected chi connectivity index (χ4v) is 4.34. The molecule has 190 valence electrons. The molecule has 0 aliphatic carbocycles. The number of hydrogen-bond acceptors (Lipinski definition) is 6. The summed E-state index contributed by atoms with van der Waals surface area (Å²) >= 11 is 6.98. The number of thiophene rings is 1. The first-order valence-corrected chi connectivity index (χ1v) is 12.2. The average Bonchev–Trinajstić information content (AvgIpc) is 3.25. The number of halogens is 3. The highest BCUT2D eigenvalue weighted by molar-refractivity contribution is 7.18. The summed E-state index contributed by atoms with van der Waals surface area (Å²) in [7, 11) is 0. The van der Waals surface area contributed by atoms with Crippen molar-refractivity contribution >= 4 is 52.0 Å². The number of benzene rings is 1. The van der Waals surface area contributed by atoms with Crippen LogP contribution >= 0.6 is 22.9 Å². The van der Waals surface area contributed by atoms with Crippen LogP contribution < -0.4 is 20.9 Å². The van der Waals surface area contributed by atoms with Crippen LogP contribution in [0.1, 0.15) is 35.5 Å². The summed E-state index contributed by atoms with van der Waals surface area (Å²) < 4.78 is 33.3. The molecule has 3 rings (SSSR count). The number of anilines is 2. The maximum absolute atomic E-state index is 13.9. The molecule has 0 unspecified atom stereocenters. The van der Waals surface area contributed by atoms with Gasteiger partial charge in [0.2, 0.25) is 5.91 Å². The second kappa shape index (κ2) is 12.4. The molecule has 0 saturated carbocycles. The Morgan fingerprint density at radius 2 is 1.97 bits per heavy atom. The Labute approximate surface area is 211 Å². The Balaban J connectivity index is 1.74. The van der Waals surface area contributed by atoms with E-state index < -0.39 is 23.9 Å². The third-order valence-corrected chi connectivity index (χ3v) is 6.41. The van der Waals surface area contributed by atoms with Crippen LogP contribution in [0.4, 0.5) is 20.2 Å². The van der Waals surface area contributed by atoms with Gasteiger partial charge in [0.05, 0.1) is 15.8 Å². The van der Waals surface area contributed by atoms with Crippen molar-refractivity contribution in [2.45, 2.75) is 26.3 Å². The number of ether oxygens (including phenoxy) is 1. The summed E-state index contributed by atoms with van der Waals surface area (Å²) in [6.07, 6.45) is -2.88. The Morgan fingerprint density at radius 1 is 1.20 bits per heavy atom. The lowest BCUT2D eigenvalue weighted by molar-refractivity contribution is -0.125. The number of nitrogens with one attached hydrogen (secondary N) is 3. The molecule has 12 heteroatoms. The van der Waals surface area contributed by atoms with Crippen LogP contribution in [-0.4, -0.2) is 56.6 Å². The van der Waals surface area contributed by atoms with Crippen molar-refractivity contribution in [3.63, 3.8) is 0 Å². The van der Waals surface area contributed by atoms with Gasteiger partial charge in [0.25, 0.3) is 18.2 Å². The lowest BCUT2D eigenvalue weighted by atomic mass is 10.1. The zero-order valence-corrected chi connectivity index (χ0v) is 20.8. The van der Waals surface area contributed by atoms with E-state index in [1.165, 1.54) is 23.1 Å². The number of morpholine rings is 1. The molecule has 2 heterocycles. The SMILES string of the molecule is CC(C)CN[C@H](CNC(=O)c1ccc(Cl)s1)C(=O)Nc1ccc(N2CCOCC2=O)cc1C(F)F. The minimum atomic E-state index is -2.88. The number of carbonyl (C=O) groups excluding carboxylic acids is 3.